The molecule has 0 amide bonds. The third-order valence-electron chi connectivity index (χ3n) is 5.28. The van der Waals surface area contributed by atoms with E-state index in [0.717, 1.165) is 56.4 Å². The predicted molar refractivity (Wildman–Crippen MR) is 134 cm³/mol. The Bertz CT molecular complexity index is 778. The molecule has 0 radical (unpaired) electrons. The highest BCUT2D eigenvalue weighted by atomic mass is 127. The number of nitrogens with one attached hydrogen (secondary N) is 2. The van der Waals surface area contributed by atoms with E-state index in [1.165, 1.54) is 19.1 Å². The molecule has 1 aromatic carbocycles. The lowest BCUT2D eigenvalue weighted by molar-refractivity contribution is 0.121. The molecule has 1 aromatic rings. The van der Waals surface area contributed by atoms with E-state index in [9.17, 15) is 8.42 Å². The first-order valence-corrected chi connectivity index (χ1v) is 12.3. The molecule has 0 aliphatic carbocycles. The van der Waals surface area contributed by atoms with Gasteiger partial charge in [-0.2, -0.15) is 0 Å². The minimum atomic E-state index is -3.19. The summed E-state index contributed by atoms with van der Waals surface area (Å²) in [6, 6.07) is 5.42. The van der Waals surface area contributed by atoms with E-state index in [1.807, 2.05) is 19.1 Å². The number of guanidine groups is 1. The van der Waals surface area contributed by atoms with Crippen LogP contribution in [-0.2, 0) is 21.1 Å². The number of rotatable bonds is 9. The van der Waals surface area contributed by atoms with Crippen LogP contribution in [0.25, 0.3) is 0 Å². The molecule has 7 nitrogen and oxygen atoms in total. The lowest BCUT2D eigenvalue weighted by atomic mass is 9.97. The number of nitrogens with zero attached hydrogens (tertiary/aromatic N) is 2. The normalized spacial score (nSPS) is 16.2. The van der Waals surface area contributed by atoms with Crippen molar-refractivity contribution in [2.24, 2.45) is 10.9 Å². The average molecular weight is 553 g/mol. The van der Waals surface area contributed by atoms with Crippen LogP contribution in [0.4, 0.5) is 0 Å². The molecular weight excluding hydrogens is 515 g/mol. The van der Waals surface area contributed by atoms with Gasteiger partial charge in [-0.25, -0.2) is 13.4 Å². The fourth-order valence-electron chi connectivity index (χ4n) is 3.61. The summed E-state index contributed by atoms with van der Waals surface area (Å²) in [6.45, 7) is 10.1. The van der Waals surface area contributed by atoms with E-state index >= 15 is 0 Å². The Morgan fingerprint density at radius 1 is 1.27 bits per heavy atom. The molecule has 1 aliphatic heterocycles. The average Bonchev–Trinajstić information content (AvgIpc) is 2.68. The van der Waals surface area contributed by atoms with E-state index in [2.05, 4.69) is 27.4 Å². The number of hydrogen-bond donors (Lipinski definition) is 2. The van der Waals surface area contributed by atoms with Gasteiger partial charge >= 0.3 is 0 Å². The van der Waals surface area contributed by atoms with Gasteiger partial charge in [0.25, 0.3) is 0 Å². The largest absolute Gasteiger partial charge is 0.383 e. The molecule has 1 fully saturated rings. The molecule has 2 rings (SSSR count). The third-order valence-corrected chi connectivity index (χ3v) is 6.54. The van der Waals surface area contributed by atoms with Gasteiger partial charge in [0, 0.05) is 33.0 Å². The van der Waals surface area contributed by atoms with Crippen molar-refractivity contribution >= 4 is 39.8 Å². The summed E-state index contributed by atoms with van der Waals surface area (Å²) in [5.41, 5.74) is 1.76. The van der Waals surface area contributed by atoms with Crippen LogP contribution >= 0.6 is 24.0 Å². The minimum absolute atomic E-state index is 0. The standard InChI is InChI=1S/C21H36N4O3S.HI/c1-5-22-21(23-15-18-8-10-25(11-9-18)12-13-28-3)24-16-19-6-7-20(17(2)14-19)29(4,26)27;/h6-7,14,18H,5,8-13,15-16H2,1-4H3,(H2,22,23,24);1H. The third kappa shape index (κ3) is 9.07. The van der Waals surface area contributed by atoms with Gasteiger partial charge in [-0.3, -0.25) is 0 Å². The van der Waals surface area contributed by atoms with Gasteiger partial charge in [0.2, 0.25) is 0 Å². The number of sulfone groups is 1. The van der Waals surface area contributed by atoms with E-state index in [1.54, 1.807) is 13.2 Å². The van der Waals surface area contributed by atoms with Crippen LogP contribution in [0, 0.1) is 12.8 Å². The van der Waals surface area contributed by atoms with Gasteiger partial charge < -0.3 is 20.3 Å². The van der Waals surface area contributed by atoms with Crippen LogP contribution < -0.4 is 10.6 Å². The minimum Gasteiger partial charge on any atom is -0.383 e. The summed E-state index contributed by atoms with van der Waals surface area (Å²) in [5.74, 6) is 1.45. The smallest absolute Gasteiger partial charge is 0.191 e. The molecule has 0 spiro atoms. The Morgan fingerprint density at radius 2 is 1.97 bits per heavy atom. The number of piperidine rings is 1. The number of aliphatic imine (C=N–C) groups is 1. The molecule has 9 heteroatoms. The maximum absolute atomic E-state index is 11.8. The summed E-state index contributed by atoms with van der Waals surface area (Å²) in [4.78, 5) is 7.52. The summed E-state index contributed by atoms with van der Waals surface area (Å²) < 4.78 is 28.7. The first-order chi connectivity index (χ1) is 13.8. The second kappa shape index (κ2) is 13.5. The van der Waals surface area contributed by atoms with Crippen LogP contribution in [0.15, 0.2) is 28.1 Å². The Labute approximate surface area is 199 Å². The van der Waals surface area contributed by atoms with Crippen LogP contribution in [0.1, 0.15) is 30.9 Å². The van der Waals surface area contributed by atoms with Gasteiger partial charge in [-0.1, -0.05) is 12.1 Å². The van der Waals surface area contributed by atoms with E-state index < -0.39 is 9.84 Å². The molecular formula is C21H37IN4O3S. The van der Waals surface area contributed by atoms with Crippen LogP contribution in [-0.4, -0.2) is 72.0 Å². The second-order valence-electron chi connectivity index (χ2n) is 7.73. The van der Waals surface area contributed by atoms with Crippen molar-refractivity contribution in [3.8, 4) is 0 Å². The highest BCUT2D eigenvalue weighted by Gasteiger charge is 2.19. The maximum atomic E-state index is 11.8. The van der Waals surface area contributed by atoms with Crippen molar-refractivity contribution in [3.63, 3.8) is 0 Å². The van der Waals surface area contributed by atoms with Gasteiger partial charge in [0.1, 0.15) is 0 Å². The van der Waals surface area contributed by atoms with E-state index in [4.69, 9.17) is 4.74 Å². The highest BCUT2D eigenvalue weighted by molar-refractivity contribution is 14.0. The lowest BCUT2D eigenvalue weighted by Gasteiger charge is -2.32. The Morgan fingerprint density at radius 3 is 2.53 bits per heavy atom. The number of aryl methyl sites for hydroxylation is 1. The van der Waals surface area contributed by atoms with Crippen molar-refractivity contribution < 1.29 is 13.2 Å². The molecule has 0 unspecified atom stereocenters. The summed E-state index contributed by atoms with van der Waals surface area (Å²) >= 11 is 0. The number of hydrogen-bond acceptors (Lipinski definition) is 5. The summed E-state index contributed by atoms with van der Waals surface area (Å²) in [5, 5.41) is 6.76. The molecule has 30 heavy (non-hydrogen) atoms. The number of methoxy groups -OCH3 is 1. The van der Waals surface area contributed by atoms with Crippen molar-refractivity contribution in [3.05, 3.63) is 29.3 Å². The van der Waals surface area contributed by atoms with Crippen LogP contribution in [0.2, 0.25) is 0 Å². The highest BCUT2D eigenvalue weighted by Crippen LogP contribution is 2.18. The number of ether oxygens (including phenoxy) is 1. The molecule has 0 saturated carbocycles. The number of halogens is 1. The molecule has 1 heterocycles. The molecule has 1 aliphatic rings. The van der Waals surface area contributed by atoms with Gasteiger partial charge in [-0.15, -0.1) is 24.0 Å². The summed E-state index contributed by atoms with van der Waals surface area (Å²) in [6.07, 6.45) is 3.60. The fourth-order valence-corrected chi connectivity index (χ4v) is 4.57. The Hall–Kier alpha value is -0.910. The first kappa shape index (κ1) is 27.1. The van der Waals surface area contributed by atoms with Gasteiger partial charge in [0.15, 0.2) is 15.8 Å². The lowest BCUT2D eigenvalue weighted by Crippen LogP contribution is -2.43. The van der Waals surface area contributed by atoms with Crippen molar-refractivity contribution in [2.45, 2.75) is 38.1 Å². The monoisotopic (exact) mass is 552 g/mol. The zero-order valence-corrected chi connectivity index (χ0v) is 21.8. The number of benzene rings is 1. The fraction of sp³-hybridized carbons (Fsp3) is 0.667. The molecule has 2 N–H and O–H groups in total. The zero-order chi connectivity index (χ0) is 21.3. The zero-order valence-electron chi connectivity index (χ0n) is 18.6. The Balaban J connectivity index is 0.00000450. The van der Waals surface area contributed by atoms with Gasteiger partial charge in [0.05, 0.1) is 18.0 Å². The van der Waals surface area contributed by atoms with Crippen molar-refractivity contribution in [1.82, 2.24) is 15.5 Å². The second-order valence-corrected chi connectivity index (χ2v) is 9.71. The molecule has 0 aromatic heterocycles. The van der Waals surface area contributed by atoms with Crippen molar-refractivity contribution in [2.75, 3.05) is 52.7 Å². The first-order valence-electron chi connectivity index (χ1n) is 10.4. The van der Waals surface area contributed by atoms with E-state index in [0.29, 0.717) is 17.4 Å². The quantitative estimate of drug-likeness (QED) is 0.278. The topological polar surface area (TPSA) is 83.0 Å². The summed E-state index contributed by atoms with van der Waals surface area (Å²) in [7, 11) is -1.44. The molecule has 0 bridgehead atoms. The van der Waals surface area contributed by atoms with Gasteiger partial charge in [-0.05, 0) is 62.9 Å². The molecule has 1 saturated heterocycles. The van der Waals surface area contributed by atoms with Crippen molar-refractivity contribution in [1.29, 1.82) is 0 Å². The number of likely N-dealkylation sites (tertiary alicyclic amines) is 1. The predicted octanol–water partition coefficient (Wildman–Crippen LogP) is 2.43. The molecule has 172 valence electrons. The maximum Gasteiger partial charge on any atom is 0.191 e. The Kier molecular flexibility index (Phi) is 12.2. The molecule has 0 atom stereocenters. The van der Waals surface area contributed by atoms with Crippen LogP contribution in [0.5, 0.6) is 0 Å². The SMILES string of the molecule is CCNC(=NCc1ccc(S(C)(=O)=O)c(C)c1)NCC1CCN(CCOC)CC1.I. The van der Waals surface area contributed by atoms with Crippen LogP contribution in [0.3, 0.4) is 0 Å². The van der Waals surface area contributed by atoms with E-state index in [-0.39, 0.29) is 24.0 Å².